The van der Waals surface area contributed by atoms with Gasteiger partial charge >= 0.3 is 6.18 Å². The smallest absolute Gasteiger partial charge is 0.395 e. The molecule has 1 aromatic rings. The molecular weight excluding hydrogens is 173 g/mol. The average molecular weight is 180 g/mol. The third-order valence-corrected chi connectivity index (χ3v) is 1.31. The monoisotopic (exact) mass is 180 g/mol. The number of hydrogen-bond donors (Lipinski definition) is 1. The second-order valence-electron chi connectivity index (χ2n) is 2.17. The Bertz CT molecular complexity index is 256. The Labute approximate surface area is 66.5 Å². The molecular formula is C6H7F3N2O. The fourth-order valence-corrected chi connectivity index (χ4v) is 0.853. The highest BCUT2D eigenvalue weighted by atomic mass is 19.4. The highest BCUT2D eigenvalue weighted by Gasteiger charge is 2.35. The van der Waals surface area contributed by atoms with Crippen LogP contribution in [0.2, 0.25) is 0 Å². The van der Waals surface area contributed by atoms with Crippen molar-refractivity contribution in [2.75, 3.05) is 6.61 Å². The molecule has 0 unspecified atom stereocenters. The van der Waals surface area contributed by atoms with Crippen LogP contribution in [-0.2, 0) is 12.7 Å². The van der Waals surface area contributed by atoms with Crippen LogP contribution in [0.25, 0.3) is 0 Å². The third-order valence-electron chi connectivity index (χ3n) is 1.31. The lowest BCUT2D eigenvalue weighted by Gasteiger charge is -2.07. The van der Waals surface area contributed by atoms with Gasteiger partial charge in [0.1, 0.15) is 0 Å². The summed E-state index contributed by atoms with van der Waals surface area (Å²) in [6.07, 6.45) is -2.21. The topological polar surface area (TPSA) is 38.0 Å². The number of rotatable bonds is 2. The Kier molecular flexibility index (Phi) is 2.37. The van der Waals surface area contributed by atoms with E-state index in [-0.39, 0.29) is 13.2 Å². The lowest BCUT2D eigenvalue weighted by molar-refractivity contribution is -0.147. The van der Waals surface area contributed by atoms with Gasteiger partial charge in [-0.25, -0.2) is 4.98 Å². The van der Waals surface area contributed by atoms with Crippen LogP contribution < -0.4 is 0 Å². The Hall–Kier alpha value is -1.04. The van der Waals surface area contributed by atoms with Gasteiger partial charge in [-0.05, 0) is 0 Å². The van der Waals surface area contributed by atoms with E-state index in [0.29, 0.717) is 0 Å². The first-order valence-electron chi connectivity index (χ1n) is 3.25. The Balaban J connectivity index is 2.91. The molecule has 1 heterocycles. The molecule has 0 radical (unpaired) electrons. The van der Waals surface area contributed by atoms with Crippen LogP contribution in [0.5, 0.6) is 0 Å². The molecule has 1 aromatic heterocycles. The summed E-state index contributed by atoms with van der Waals surface area (Å²) < 4.78 is 37.0. The van der Waals surface area contributed by atoms with Crippen molar-refractivity contribution >= 4 is 0 Å². The summed E-state index contributed by atoms with van der Waals surface area (Å²) in [6.45, 7) is -0.422. The van der Waals surface area contributed by atoms with Crippen LogP contribution in [0.3, 0.4) is 0 Å². The van der Waals surface area contributed by atoms with Gasteiger partial charge in [0.2, 0.25) is 5.82 Å². The maximum Gasteiger partial charge on any atom is 0.449 e. The molecule has 0 aliphatic rings. The number of imidazole rings is 1. The predicted molar refractivity (Wildman–Crippen MR) is 34.3 cm³/mol. The molecule has 3 nitrogen and oxygen atoms in total. The first-order valence-corrected chi connectivity index (χ1v) is 3.25. The van der Waals surface area contributed by atoms with Gasteiger partial charge in [0.15, 0.2) is 0 Å². The minimum absolute atomic E-state index is 0.0884. The molecule has 0 amide bonds. The van der Waals surface area contributed by atoms with E-state index >= 15 is 0 Å². The van der Waals surface area contributed by atoms with E-state index in [1.54, 1.807) is 0 Å². The van der Waals surface area contributed by atoms with Gasteiger partial charge in [-0.1, -0.05) is 0 Å². The number of aliphatic hydroxyl groups excluding tert-OH is 1. The van der Waals surface area contributed by atoms with Crippen LogP contribution in [0.4, 0.5) is 13.2 Å². The zero-order valence-corrected chi connectivity index (χ0v) is 6.04. The summed E-state index contributed by atoms with van der Waals surface area (Å²) >= 11 is 0. The van der Waals surface area contributed by atoms with Crippen LogP contribution in [0.15, 0.2) is 12.4 Å². The number of aromatic nitrogens is 2. The summed E-state index contributed by atoms with van der Waals surface area (Å²) in [5.74, 6) is -0.975. The van der Waals surface area contributed by atoms with Crippen molar-refractivity contribution in [1.29, 1.82) is 0 Å². The Morgan fingerprint density at radius 3 is 2.67 bits per heavy atom. The van der Waals surface area contributed by atoms with E-state index in [1.165, 1.54) is 6.20 Å². The molecule has 0 aliphatic heterocycles. The molecule has 12 heavy (non-hydrogen) atoms. The minimum Gasteiger partial charge on any atom is -0.395 e. The molecule has 0 spiro atoms. The molecule has 1 N–H and O–H groups in total. The Morgan fingerprint density at radius 1 is 1.50 bits per heavy atom. The van der Waals surface area contributed by atoms with Crippen molar-refractivity contribution in [1.82, 2.24) is 9.55 Å². The summed E-state index contributed by atoms with van der Waals surface area (Å²) in [5, 5.41) is 8.41. The van der Waals surface area contributed by atoms with Crippen LogP contribution >= 0.6 is 0 Å². The van der Waals surface area contributed by atoms with E-state index in [0.717, 1.165) is 10.8 Å². The first kappa shape index (κ1) is 9.05. The SMILES string of the molecule is OCCn1ccnc1C(F)(F)F. The third kappa shape index (κ3) is 1.76. The van der Waals surface area contributed by atoms with Crippen molar-refractivity contribution < 1.29 is 18.3 Å². The molecule has 1 rings (SSSR count). The molecule has 0 aliphatic carbocycles. The largest absolute Gasteiger partial charge is 0.449 e. The van der Waals surface area contributed by atoms with Crippen LogP contribution in [0.1, 0.15) is 5.82 Å². The van der Waals surface area contributed by atoms with Crippen molar-refractivity contribution in [3.63, 3.8) is 0 Å². The average Bonchev–Trinajstić information content (AvgIpc) is 2.34. The van der Waals surface area contributed by atoms with E-state index in [9.17, 15) is 13.2 Å². The normalized spacial score (nSPS) is 12.0. The quantitative estimate of drug-likeness (QED) is 0.734. The molecule has 0 fully saturated rings. The molecule has 0 bridgehead atoms. The van der Waals surface area contributed by atoms with Gasteiger partial charge in [0, 0.05) is 18.9 Å². The van der Waals surface area contributed by atoms with Gasteiger partial charge in [0.25, 0.3) is 0 Å². The van der Waals surface area contributed by atoms with Gasteiger partial charge in [-0.15, -0.1) is 0 Å². The fraction of sp³-hybridized carbons (Fsp3) is 0.500. The summed E-state index contributed by atoms with van der Waals surface area (Å²) in [4.78, 5) is 3.13. The van der Waals surface area contributed by atoms with Gasteiger partial charge < -0.3 is 9.67 Å². The van der Waals surface area contributed by atoms with E-state index in [2.05, 4.69) is 4.98 Å². The maximum atomic E-state index is 12.0. The zero-order valence-electron chi connectivity index (χ0n) is 6.04. The maximum absolute atomic E-state index is 12.0. The summed E-state index contributed by atoms with van der Waals surface area (Å²) in [7, 11) is 0. The highest BCUT2D eigenvalue weighted by molar-refractivity contribution is 4.96. The molecule has 0 saturated carbocycles. The lowest BCUT2D eigenvalue weighted by Crippen LogP contribution is -2.15. The number of alkyl halides is 3. The number of aliphatic hydroxyl groups is 1. The molecule has 0 atom stereocenters. The number of hydrogen-bond acceptors (Lipinski definition) is 2. The first-order chi connectivity index (χ1) is 5.55. The van der Waals surface area contributed by atoms with Crippen LogP contribution in [0, 0.1) is 0 Å². The zero-order chi connectivity index (χ0) is 9.19. The molecule has 0 saturated heterocycles. The van der Waals surface area contributed by atoms with E-state index in [1.807, 2.05) is 0 Å². The molecule has 6 heteroatoms. The van der Waals surface area contributed by atoms with Gasteiger partial charge in [0.05, 0.1) is 6.61 Å². The van der Waals surface area contributed by atoms with Gasteiger partial charge in [-0.3, -0.25) is 0 Å². The molecule has 0 aromatic carbocycles. The summed E-state index contributed by atoms with van der Waals surface area (Å²) in [5.41, 5.74) is 0. The van der Waals surface area contributed by atoms with Crippen molar-refractivity contribution in [2.24, 2.45) is 0 Å². The second-order valence-corrected chi connectivity index (χ2v) is 2.17. The standard InChI is InChI=1S/C6H7F3N2O/c7-6(8,9)5-10-1-2-11(5)3-4-12/h1-2,12H,3-4H2. The van der Waals surface area contributed by atoms with E-state index in [4.69, 9.17) is 5.11 Å². The highest BCUT2D eigenvalue weighted by Crippen LogP contribution is 2.27. The predicted octanol–water partition coefficient (Wildman–Crippen LogP) is 0.894. The lowest BCUT2D eigenvalue weighted by atomic mass is 10.5. The van der Waals surface area contributed by atoms with Gasteiger partial charge in [-0.2, -0.15) is 13.2 Å². The van der Waals surface area contributed by atoms with Crippen molar-refractivity contribution in [2.45, 2.75) is 12.7 Å². The fourth-order valence-electron chi connectivity index (χ4n) is 0.853. The van der Waals surface area contributed by atoms with Crippen LogP contribution in [-0.4, -0.2) is 21.3 Å². The Morgan fingerprint density at radius 2 is 2.17 bits per heavy atom. The van der Waals surface area contributed by atoms with E-state index < -0.39 is 12.0 Å². The minimum atomic E-state index is -4.45. The van der Waals surface area contributed by atoms with Crippen molar-refractivity contribution in [3.05, 3.63) is 18.2 Å². The second kappa shape index (κ2) is 3.14. The molecule has 68 valence electrons. The summed E-state index contributed by atoms with van der Waals surface area (Å²) in [6, 6.07) is 0. The van der Waals surface area contributed by atoms with Crippen molar-refractivity contribution in [3.8, 4) is 0 Å². The number of nitrogens with zero attached hydrogens (tertiary/aromatic N) is 2. The number of halogens is 3.